The Kier molecular flexibility index (Phi) is 6.74. The van der Waals surface area contributed by atoms with Gasteiger partial charge >= 0.3 is 6.61 Å². The summed E-state index contributed by atoms with van der Waals surface area (Å²) < 4.78 is 33.8. The highest BCUT2D eigenvalue weighted by molar-refractivity contribution is 5.27. The molecule has 2 N–H and O–H groups in total. The fraction of sp³-hybridized carbons (Fsp3) is 0.647. The molecule has 2 rings (SSSR count). The molecule has 1 heterocycles. The third-order valence-electron chi connectivity index (χ3n) is 4.22. The van der Waals surface area contributed by atoms with Crippen LogP contribution < -0.4 is 10.1 Å². The van der Waals surface area contributed by atoms with E-state index in [4.69, 9.17) is 4.74 Å². The van der Waals surface area contributed by atoms with Crippen molar-refractivity contribution in [1.82, 2.24) is 5.32 Å². The van der Waals surface area contributed by atoms with E-state index in [1.54, 1.807) is 24.3 Å². The lowest BCUT2D eigenvalue weighted by Gasteiger charge is -2.33. The minimum Gasteiger partial charge on any atom is -0.435 e. The van der Waals surface area contributed by atoms with Crippen molar-refractivity contribution in [3.63, 3.8) is 0 Å². The first-order valence-corrected chi connectivity index (χ1v) is 8.04. The van der Waals surface area contributed by atoms with Crippen LogP contribution in [0.15, 0.2) is 24.3 Å². The summed E-state index contributed by atoms with van der Waals surface area (Å²) >= 11 is 0. The molecule has 0 spiro atoms. The van der Waals surface area contributed by atoms with Crippen LogP contribution in [-0.2, 0) is 11.2 Å². The molecule has 6 heteroatoms. The summed E-state index contributed by atoms with van der Waals surface area (Å²) in [4.78, 5) is 0. The van der Waals surface area contributed by atoms with Crippen LogP contribution in [0.1, 0.15) is 31.7 Å². The number of alkyl halides is 2. The summed E-state index contributed by atoms with van der Waals surface area (Å²) in [5.74, 6) is 0.177. The van der Waals surface area contributed by atoms with Gasteiger partial charge in [-0.15, -0.1) is 0 Å². The topological polar surface area (TPSA) is 50.7 Å². The standard InChI is InChI=1S/C17H25F2NO3/c1-13(20-12-17(21)8-10-22-11-9-17)2-3-14-4-6-15(7-5-14)23-16(18)19/h4-7,13,16,20-21H,2-3,8-12H2,1H3. The van der Waals surface area contributed by atoms with E-state index in [0.717, 1.165) is 18.4 Å². The maximum absolute atomic E-state index is 12.1. The first kappa shape index (κ1) is 18.1. The first-order valence-electron chi connectivity index (χ1n) is 8.04. The lowest BCUT2D eigenvalue weighted by atomic mass is 9.94. The van der Waals surface area contributed by atoms with Crippen LogP contribution in [0.25, 0.3) is 0 Å². The van der Waals surface area contributed by atoms with Gasteiger partial charge in [-0.05, 0) is 37.5 Å². The summed E-state index contributed by atoms with van der Waals surface area (Å²) in [6, 6.07) is 6.99. The number of aryl methyl sites for hydroxylation is 1. The van der Waals surface area contributed by atoms with E-state index in [2.05, 4.69) is 17.0 Å². The van der Waals surface area contributed by atoms with Crippen LogP contribution in [0.2, 0.25) is 0 Å². The molecule has 1 aliphatic rings. The van der Waals surface area contributed by atoms with Crippen LogP contribution in [0.3, 0.4) is 0 Å². The molecule has 1 aliphatic heterocycles. The molecular formula is C17H25F2NO3. The highest BCUT2D eigenvalue weighted by Gasteiger charge is 2.29. The van der Waals surface area contributed by atoms with Gasteiger partial charge < -0.3 is 19.9 Å². The third kappa shape index (κ3) is 6.41. The maximum Gasteiger partial charge on any atom is 0.387 e. The molecule has 130 valence electrons. The molecule has 0 radical (unpaired) electrons. The largest absolute Gasteiger partial charge is 0.435 e. The van der Waals surface area contributed by atoms with Gasteiger partial charge in [-0.2, -0.15) is 8.78 Å². The summed E-state index contributed by atoms with van der Waals surface area (Å²) in [6.07, 6.45) is 3.07. The maximum atomic E-state index is 12.1. The molecule has 1 fully saturated rings. The lowest BCUT2D eigenvalue weighted by molar-refractivity contribution is -0.0626. The second-order valence-corrected chi connectivity index (χ2v) is 6.18. The van der Waals surface area contributed by atoms with Crippen LogP contribution >= 0.6 is 0 Å². The number of nitrogens with one attached hydrogen (secondary N) is 1. The van der Waals surface area contributed by atoms with Gasteiger partial charge in [0.05, 0.1) is 5.60 Å². The summed E-state index contributed by atoms with van der Waals surface area (Å²) in [6.45, 7) is 1.08. The van der Waals surface area contributed by atoms with E-state index in [9.17, 15) is 13.9 Å². The van der Waals surface area contributed by atoms with Gasteiger partial charge in [0.1, 0.15) is 5.75 Å². The molecule has 0 bridgehead atoms. The number of hydrogen-bond acceptors (Lipinski definition) is 4. The Hall–Kier alpha value is -1.24. The molecule has 1 aromatic rings. The molecular weight excluding hydrogens is 304 g/mol. The van der Waals surface area contributed by atoms with E-state index in [1.807, 2.05) is 0 Å². The van der Waals surface area contributed by atoms with Gasteiger partial charge in [0.25, 0.3) is 0 Å². The minimum absolute atomic E-state index is 0.177. The van der Waals surface area contributed by atoms with Gasteiger partial charge in [0.15, 0.2) is 0 Å². The Labute approximate surface area is 135 Å². The number of hydrogen-bond donors (Lipinski definition) is 2. The number of halogens is 2. The predicted molar refractivity (Wildman–Crippen MR) is 83.9 cm³/mol. The van der Waals surface area contributed by atoms with E-state index in [1.165, 1.54) is 0 Å². The Bertz CT molecular complexity index is 461. The minimum atomic E-state index is -2.79. The van der Waals surface area contributed by atoms with Crippen molar-refractivity contribution in [1.29, 1.82) is 0 Å². The zero-order chi connectivity index (χ0) is 16.7. The number of benzene rings is 1. The van der Waals surface area contributed by atoms with E-state index in [-0.39, 0.29) is 11.8 Å². The van der Waals surface area contributed by atoms with Crippen LogP contribution in [0, 0.1) is 0 Å². The van der Waals surface area contributed by atoms with Crippen molar-refractivity contribution in [3.8, 4) is 5.75 Å². The second-order valence-electron chi connectivity index (χ2n) is 6.18. The third-order valence-corrected chi connectivity index (χ3v) is 4.22. The monoisotopic (exact) mass is 329 g/mol. The molecule has 1 aromatic carbocycles. The van der Waals surface area contributed by atoms with Crippen LogP contribution in [0.4, 0.5) is 8.78 Å². The first-order chi connectivity index (χ1) is 11.0. The highest BCUT2D eigenvalue weighted by Crippen LogP contribution is 2.20. The molecule has 0 aliphatic carbocycles. The SMILES string of the molecule is CC(CCc1ccc(OC(F)F)cc1)NCC1(O)CCOCC1. The smallest absolute Gasteiger partial charge is 0.387 e. The van der Waals surface area contributed by atoms with Gasteiger partial charge in [0.2, 0.25) is 0 Å². The molecule has 0 saturated carbocycles. The Balaban J connectivity index is 1.70. The van der Waals surface area contributed by atoms with Crippen molar-refractivity contribution < 1.29 is 23.4 Å². The molecule has 4 nitrogen and oxygen atoms in total. The normalized spacial score (nSPS) is 18.8. The fourth-order valence-corrected chi connectivity index (χ4v) is 2.62. The molecule has 0 aromatic heterocycles. The van der Waals surface area contributed by atoms with E-state index < -0.39 is 12.2 Å². The Morgan fingerprint density at radius 1 is 1.26 bits per heavy atom. The lowest BCUT2D eigenvalue weighted by Crippen LogP contribution is -2.47. The van der Waals surface area contributed by atoms with Crippen molar-refractivity contribution >= 4 is 0 Å². The van der Waals surface area contributed by atoms with Gasteiger partial charge in [0, 0.05) is 38.6 Å². The zero-order valence-corrected chi connectivity index (χ0v) is 13.4. The molecule has 1 unspecified atom stereocenters. The number of aliphatic hydroxyl groups is 1. The molecule has 1 atom stereocenters. The van der Waals surface area contributed by atoms with Gasteiger partial charge in [-0.25, -0.2) is 0 Å². The second kappa shape index (κ2) is 8.57. The van der Waals surface area contributed by atoms with Crippen LogP contribution in [-0.4, -0.2) is 43.1 Å². The summed E-state index contributed by atoms with van der Waals surface area (Å²) in [5, 5.41) is 13.8. The average Bonchev–Trinajstić information content (AvgIpc) is 2.52. The van der Waals surface area contributed by atoms with E-state index in [0.29, 0.717) is 32.6 Å². The zero-order valence-electron chi connectivity index (χ0n) is 13.4. The molecule has 1 saturated heterocycles. The summed E-state index contributed by atoms with van der Waals surface area (Å²) in [7, 11) is 0. The number of rotatable bonds is 8. The van der Waals surface area contributed by atoms with Crippen molar-refractivity contribution in [2.75, 3.05) is 19.8 Å². The predicted octanol–water partition coefficient (Wildman–Crippen LogP) is 2.74. The van der Waals surface area contributed by atoms with Crippen molar-refractivity contribution in [2.45, 2.75) is 50.9 Å². The van der Waals surface area contributed by atoms with Crippen molar-refractivity contribution in [2.24, 2.45) is 0 Å². The van der Waals surface area contributed by atoms with Gasteiger partial charge in [-0.1, -0.05) is 12.1 Å². The quantitative estimate of drug-likeness (QED) is 0.770. The Morgan fingerprint density at radius 3 is 2.52 bits per heavy atom. The molecule has 23 heavy (non-hydrogen) atoms. The highest BCUT2D eigenvalue weighted by atomic mass is 19.3. The number of ether oxygens (including phenoxy) is 2. The van der Waals surface area contributed by atoms with Crippen LogP contribution in [0.5, 0.6) is 5.75 Å². The van der Waals surface area contributed by atoms with Gasteiger partial charge in [-0.3, -0.25) is 0 Å². The van der Waals surface area contributed by atoms with Crippen molar-refractivity contribution in [3.05, 3.63) is 29.8 Å². The average molecular weight is 329 g/mol. The molecule has 0 amide bonds. The summed E-state index contributed by atoms with van der Waals surface area (Å²) in [5.41, 5.74) is 0.408. The Morgan fingerprint density at radius 2 is 1.91 bits per heavy atom. The fourth-order valence-electron chi connectivity index (χ4n) is 2.62. The van der Waals surface area contributed by atoms with E-state index >= 15 is 0 Å².